The molecule has 2 aromatic rings. The second-order valence-corrected chi connectivity index (χ2v) is 7.33. The van der Waals surface area contributed by atoms with Crippen molar-refractivity contribution in [3.8, 4) is 0 Å². The van der Waals surface area contributed by atoms with Crippen LogP contribution < -0.4 is 0 Å². The molecule has 0 amide bonds. The Morgan fingerprint density at radius 1 is 1.04 bits per heavy atom. The third-order valence-electron chi connectivity index (χ3n) is 4.57. The lowest BCUT2D eigenvalue weighted by Gasteiger charge is -2.22. The summed E-state index contributed by atoms with van der Waals surface area (Å²) in [5, 5.41) is 1.92. The lowest BCUT2D eigenvalue weighted by molar-refractivity contribution is -0.141. The molecule has 3 rings (SSSR count). The van der Waals surface area contributed by atoms with Crippen molar-refractivity contribution in [2.45, 2.75) is 44.4 Å². The van der Waals surface area contributed by atoms with Gasteiger partial charge in [0, 0.05) is 10.4 Å². The summed E-state index contributed by atoms with van der Waals surface area (Å²) >= 11 is 1.51. The Kier molecular flexibility index (Phi) is 5.81. The Balaban J connectivity index is 1.50. The second-order valence-electron chi connectivity index (χ2n) is 6.30. The number of thiophene rings is 1. The minimum atomic E-state index is -0.357. The van der Waals surface area contributed by atoms with Crippen LogP contribution >= 0.6 is 11.3 Å². The van der Waals surface area contributed by atoms with E-state index < -0.39 is 0 Å². The third-order valence-corrected chi connectivity index (χ3v) is 5.45. The third kappa shape index (κ3) is 4.54. The van der Waals surface area contributed by atoms with Crippen LogP contribution in [0, 0.1) is 0 Å². The first-order valence-corrected chi connectivity index (χ1v) is 9.41. The van der Waals surface area contributed by atoms with E-state index in [1.807, 2.05) is 29.6 Å². The highest BCUT2D eigenvalue weighted by molar-refractivity contribution is 7.10. The maximum Gasteiger partial charge on any atom is 0.311 e. The molecule has 0 saturated heterocycles. The van der Waals surface area contributed by atoms with E-state index in [4.69, 9.17) is 4.74 Å². The molecule has 1 aliphatic carbocycles. The quantitative estimate of drug-likeness (QED) is 0.561. The molecule has 0 atom stereocenters. The molecule has 0 N–H and O–H groups in total. The number of benzene rings is 1. The highest BCUT2D eigenvalue weighted by atomic mass is 32.1. The SMILES string of the molecule is O=C(Cc1cccs1)OCC(=O)c1ccc(C2CCCCC2)cc1. The summed E-state index contributed by atoms with van der Waals surface area (Å²) in [5.41, 5.74) is 1.93. The van der Waals surface area contributed by atoms with Crippen LogP contribution in [0.3, 0.4) is 0 Å². The Hall–Kier alpha value is -1.94. The normalized spacial score (nSPS) is 15.2. The number of carbonyl (C=O) groups is 2. The topological polar surface area (TPSA) is 43.4 Å². The summed E-state index contributed by atoms with van der Waals surface area (Å²) in [4.78, 5) is 24.9. The zero-order valence-electron chi connectivity index (χ0n) is 13.7. The number of ether oxygens (including phenoxy) is 1. The summed E-state index contributed by atoms with van der Waals surface area (Å²) < 4.78 is 5.10. The average Bonchev–Trinajstić information content (AvgIpc) is 3.13. The van der Waals surface area contributed by atoms with Crippen molar-refractivity contribution in [1.29, 1.82) is 0 Å². The molecule has 0 bridgehead atoms. The van der Waals surface area contributed by atoms with Crippen molar-refractivity contribution >= 4 is 23.1 Å². The lowest BCUT2D eigenvalue weighted by atomic mass is 9.84. The summed E-state index contributed by atoms with van der Waals surface area (Å²) in [5.74, 6) is 0.126. The largest absolute Gasteiger partial charge is 0.457 e. The van der Waals surface area contributed by atoms with E-state index in [2.05, 4.69) is 12.1 Å². The smallest absolute Gasteiger partial charge is 0.311 e. The van der Waals surface area contributed by atoms with Crippen molar-refractivity contribution in [3.63, 3.8) is 0 Å². The number of Topliss-reactive ketones (excluding diaryl/α,β-unsaturated/α-hetero) is 1. The molecule has 1 aliphatic rings. The molecule has 0 unspecified atom stereocenters. The van der Waals surface area contributed by atoms with E-state index in [9.17, 15) is 9.59 Å². The van der Waals surface area contributed by atoms with Crippen LogP contribution in [0.2, 0.25) is 0 Å². The fourth-order valence-electron chi connectivity index (χ4n) is 3.21. The number of rotatable bonds is 6. The molecule has 1 aromatic heterocycles. The summed E-state index contributed by atoms with van der Waals surface area (Å²) in [7, 11) is 0. The van der Waals surface area contributed by atoms with Gasteiger partial charge in [-0.2, -0.15) is 0 Å². The second kappa shape index (κ2) is 8.25. The van der Waals surface area contributed by atoms with Gasteiger partial charge in [-0.25, -0.2) is 0 Å². The van der Waals surface area contributed by atoms with E-state index in [1.54, 1.807) is 0 Å². The van der Waals surface area contributed by atoms with Gasteiger partial charge in [0.2, 0.25) is 0 Å². The Labute approximate surface area is 146 Å². The van der Waals surface area contributed by atoms with Gasteiger partial charge < -0.3 is 4.74 Å². The van der Waals surface area contributed by atoms with Gasteiger partial charge in [0.1, 0.15) is 0 Å². The first kappa shape index (κ1) is 16.9. The van der Waals surface area contributed by atoms with Crippen LogP contribution in [0.5, 0.6) is 0 Å². The Bertz CT molecular complexity index is 667. The molecule has 0 aliphatic heterocycles. The molecule has 3 nitrogen and oxygen atoms in total. The minimum absolute atomic E-state index is 0.148. The Morgan fingerprint density at radius 3 is 2.46 bits per heavy atom. The number of esters is 1. The molecule has 0 spiro atoms. The van der Waals surface area contributed by atoms with Gasteiger partial charge in [-0.1, -0.05) is 49.6 Å². The molecule has 4 heteroatoms. The molecular weight excluding hydrogens is 320 g/mol. The summed E-state index contributed by atoms with van der Waals surface area (Å²) in [6.07, 6.45) is 6.65. The van der Waals surface area contributed by atoms with Gasteiger partial charge in [-0.15, -0.1) is 11.3 Å². The van der Waals surface area contributed by atoms with Crippen molar-refractivity contribution in [2.75, 3.05) is 6.61 Å². The fraction of sp³-hybridized carbons (Fsp3) is 0.400. The van der Waals surface area contributed by atoms with Crippen molar-refractivity contribution in [2.24, 2.45) is 0 Å². The van der Waals surface area contributed by atoms with E-state index in [1.165, 1.54) is 49.0 Å². The monoisotopic (exact) mass is 342 g/mol. The molecule has 0 radical (unpaired) electrons. The minimum Gasteiger partial charge on any atom is -0.457 e. The van der Waals surface area contributed by atoms with Crippen LogP contribution in [-0.4, -0.2) is 18.4 Å². The van der Waals surface area contributed by atoms with Crippen LogP contribution in [0.4, 0.5) is 0 Å². The standard InChI is InChI=1S/C20H22O3S/c21-19(14-23-20(22)13-18-7-4-12-24-18)17-10-8-16(9-11-17)15-5-2-1-3-6-15/h4,7-12,15H,1-3,5-6,13-14H2. The van der Waals surface area contributed by atoms with Crippen LogP contribution in [-0.2, 0) is 16.0 Å². The zero-order valence-corrected chi connectivity index (χ0v) is 14.5. The zero-order chi connectivity index (χ0) is 16.8. The highest BCUT2D eigenvalue weighted by Gasteiger charge is 2.16. The molecular formula is C20H22O3S. The number of ketones is 1. The van der Waals surface area contributed by atoms with Gasteiger partial charge in [0.25, 0.3) is 0 Å². The van der Waals surface area contributed by atoms with E-state index in [-0.39, 0.29) is 24.8 Å². The van der Waals surface area contributed by atoms with E-state index >= 15 is 0 Å². The maximum absolute atomic E-state index is 12.2. The number of hydrogen-bond acceptors (Lipinski definition) is 4. The number of hydrogen-bond donors (Lipinski definition) is 0. The molecule has 1 aromatic carbocycles. The van der Waals surface area contributed by atoms with Crippen LogP contribution in [0.1, 0.15) is 58.8 Å². The molecule has 1 heterocycles. The van der Waals surface area contributed by atoms with Crippen LogP contribution in [0.25, 0.3) is 0 Å². The first-order chi connectivity index (χ1) is 11.7. The summed E-state index contributed by atoms with van der Waals surface area (Å²) in [6.45, 7) is -0.188. The molecule has 24 heavy (non-hydrogen) atoms. The number of carbonyl (C=O) groups excluding carboxylic acids is 2. The van der Waals surface area contributed by atoms with Gasteiger partial charge in [0.05, 0.1) is 6.42 Å². The van der Waals surface area contributed by atoms with Crippen molar-refractivity contribution in [1.82, 2.24) is 0 Å². The van der Waals surface area contributed by atoms with Gasteiger partial charge in [0.15, 0.2) is 12.4 Å². The van der Waals surface area contributed by atoms with Crippen molar-refractivity contribution in [3.05, 3.63) is 57.8 Å². The fourth-order valence-corrected chi connectivity index (χ4v) is 3.90. The van der Waals surface area contributed by atoms with Gasteiger partial charge in [-0.3, -0.25) is 9.59 Å². The highest BCUT2D eigenvalue weighted by Crippen LogP contribution is 2.32. The Morgan fingerprint density at radius 2 is 1.79 bits per heavy atom. The lowest BCUT2D eigenvalue weighted by Crippen LogP contribution is -2.15. The van der Waals surface area contributed by atoms with Gasteiger partial charge in [-0.05, 0) is 35.8 Å². The first-order valence-electron chi connectivity index (χ1n) is 8.53. The summed E-state index contributed by atoms with van der Waals surface area (Å²) in [6, 6.07) is 11.6. The predicted octanol–water partition coefficient (Wildman–Crippen LogP) is 4.76. The van der Waals surface area contributed by atoms with E-state index in [0.717, 1.165) is 4.88 Å². The molecule has 1 fully saturated rings. The maximum atomic E-state index is 12.2. The molecule has 126 valence electrons. The van der Waals surface area contributed by atoms with Crippen molar-refractivity contribution < 1.29 is 14.3 Å². The van der Waals surface area contributed by atoms with Gasteiger partial charge >= 0.3 is 5.97 Å². The predicted molar refractivity (Wildman–Crippen MR) is 95.6 cm³/mol. The molecule has 1 saturated carbocycles. The average molecular weight is 342 g/mol. The van der Waals surface area contributed by atoms with Crippen LogP contribution in [0.15, 0.2) is 41.8 Å². The van der Waals surface area contributed by atoms with E-state index in [0.29, 0.717) is 11.5 Å².